The predicted octanol–water partition coefficient (Wildman–Crippen LogP) is 0.611. The lowest BCUT2D eigenvalue weighted by Gasteiger charge is -2.26. The summed E-state index contributed by atoms with van der Waals surface area (Å²) in [5, 5.41) is 2.20. The van der Waals surface area contributed by atoms with Crippen LogP contribution >= 0.6 is 0 Å². The summed E-state index contributed by atoms with van der Waals surface area (Å²) in [5.41, 5.74) is 0. The fourth-order valence-corrected chi connectivity index (χ4v) is 2.53. The van der Waals surface area contributed by atoms with Crippen molar-refractivity contribution in [2.75, 3.05) is 6.61 Å². The molecule has 0 aromatic heterocycles. The molecule has 1 heterocycles. The number of carbonyl (C=O) groups excluding carboxylic acids is 3. The number of hydrogen-bond donors (Lipinski definition) is 1. The number of nitrogens with zero attached hydrogens (tertiary/aromatic N) is 1. The van der Waals surface area contributed by atoms with E-state index in [2.05, 4.69) is 5.32 Å². The highest BCUT2D eigenvalue weighted by Gasteiger charge is 2.44. The highest BCUT2D eigenvalue weighted by atomic mass is 19.1. The van der Waals surface area contributed by atoms with Crippen LogP contribution in [0.3, 0.4) is 0 Å². The molecule has 3 rings (SSSR count). The normalized spacial score (nSPS) is 20.7. The Bertz CT molecular complexity index is 630. The van der Waals surface area contributed by atoms with Crippen LogP contribution in [0.25, 0.3) is 0 Å². The lowest BCUT2D eigenvalue weighted by Crippen LogP contribution is -2.47. The summed E-state index contributed by atoms with van der Waals surface area (Å²) >= 11 is 0. The number of halogens is 1. The summed E-state index contributed by atoms with van der Waals surface area (Å²) in [5.74, 6) is -1.83. The average molecular weight is 306 g/mol. The second kappa shape index (κ2) is 5.75. The van der Waals surface area contributed by atoms with E-state index in [-0.39, 0.29) is 30.7 Å². The first-order valence-corrected chi connectivity index (χ1v) is 7.08. The van der Waals surface area contributed by atoms with Crippen LogP contribution in [0.2, 0.25) is 0 Å². The van der Waals surface area contributed by atoms with Gasteiger partial charge in [-0.2, -0.15) is 0 Å². The van der Waals surface area contributed by atoms with Crippen molar-refractivity contribution in [1.29, 1.82) is 0 Å². The van der Waals surface area contributed by atoms with Crippen molar-refractivity contribution in [1.82, 2.24) is 10.2 Å². The van der Waals surface area contributed by atoms with Crippen molar-refractivity contribution in [3.05, 3.63) is 30.1 Å². The van der Waals surface area contributed by atoms with E-state index in [0.717, 1.165) is 12.8 Å². The first-order chi connectivity index (χ1) is 10.6. The molecule has 0 radical (unpaired) electrons. The van der Waals surface area contributed by atoms with E-state index in [1.807, 2.05) is 0 Å². The zero-order chi connectivity index (χ0) is 15.7. The number of carbonyl (C=O) groups is 3. The van der Waals surface area contributed by atoms with Crippen LogP contribution in [0.5, 0.6) is 5.75 Å². The molecule has 2 aliphatic rings. The monoisotopic (exact) mass is 306 g/mol. The van der Waals surface area contributed by atoms with Gasteiger partial charge in [-0.15, -0.1) is 0 Å². The molecule has 1 saturated carbocycles. The molecule has 0 unspecified atom stereocenters. The Morgan fingerprint density at radius 3 is 2.64 bits per heavy atom. The Hall–Kier alpha value is -2.44. The molecule has 1 atom stereocenters. The van der Waals surface area contributed by atoms with Crippen molar-refractivity contribution in [3.8, 4) is 5.75 Å². The van der Waals surface area contributed by atoms with Gasteiger partial charge in [0.05, 0.1) is 6.42 Å². The maximum absolute atomic E-state index is 13.5. The summed E-state index contributed by atoms with van der Waals surface area (Å²) in [6.07, 6.45) is 1.56. The highest BCUT2D eigenvalue weighted by Crippen LogP contribution is 2.31. The Balaban J connectivity index is 1.67. The maximum Gasteiger partial charge on any atom is 0.261 e. The number of para-hydroxylation sites is 1. The second-order valence-electron chi connectivity index (χ2n) is 5.38. The number of hydrogen-bond acceptors (Lipinski definition) is 4. The van der Waals surface area contributed by atoms with Crippen molar-refractivity contribution in [2.24, 2.45) is 0 Å². The lowest BCUT2D eigenvalue weighted by molar-refractivity contribution is -0.141. The Labute approximate surface area is 126 Å². The summed E-state index contributed by atoms with van der Waals surface area (Å²) in [6.45, 7) is -0.366. The molecule has 6 nitrogen and oxygen atoms in total. The van der Waals surface area contributed by atoms with E-state index in [1.165, 1.54) is 23.1 Å². The molecule has 3 amide bonds. The number of benzene rings is 1. The average Bonchev–Trinajstić information content (AvgIpc) is 3.24. The van der Waals surface area contributed by atoms with E-state index in [4.69, 9.17) is 4.74 Å². The molecular formula is C15H15FN2O4. The van der Waals surface area contributed by atoms with Gasteiger partial charge in [-0.25, -0.2) is 4.39 Å². The Morgan fingerprint density at radius 1 is 1.32 bits per heavy atom. The molecule has 1 saturated heterocycles. The highest BCUT2D eigenvalue weighted by molar-refractivity contribution is 6.07. The summed E-state index contributed by atoms with van der Waals surface area (Å²) in [7, 11) is 0. The van der Waals surface area contributed by atoms with Gasteiger partial charge in [0.1, 0.15) is 6.04 Å². The molecule has 0 spiro atoms. The summed E-state index contributed by atoms with van der Waals surface area (Å²) < 4.78 is 18.7. The molecule has 0 bridgehead atoms. The van der Waals surface area contributed by atoms with E-state index in [1.54, 1.807) is 6.07 Å². The third-order valence-corrected chi connectivity index (χ3v) is 3.70. The number of imide groups is 1. The standard InChI is InChI=1S/C15H15FN2O4/c16-10-3-1-2-4-12(10)22-8-14(20)18(9-5-6-9)11-7-13(19)17-15(11)21/h1-4,9,11H,5-8H2,(H,17,19,21)/t11-/m0/s1. The quantitative estimate of drug-likeness (QED) is 0.809. The molecule has 1 aromatic rings. The van der Waals surface area contributed by atoms with Gasteiger partial charge in [-0.1, -0.05) is 12.1 Å². The van der Waals surface area contributed by atoms with Crippen molar-refractivity contribution >= 4 is 17.7 Å². The van der Waals surface area contributed by atoms with Crippen LogP contribution in [-0.4, -0.2) is 41.3 Å². The maximum atomic E-state index is 13.5. The first kappa shape index (κ1) is 14.5. The van der Waals surface area contributed by atoms with Crippen LogP contribution in [0.15, 0.2) is 24.3 Å². The van der Waals surface area contributed by atoms with E-state index in [9.17, 15) is 18.8 Å². The molecule has 1 aliphatic carbocycles. The minimum absolute atomic E-state index is 0.0152. The van der Waals surface area contributed by atoms with Gasteiger partial charge in [0.15, 0.2) is 18.2 Å². The van der Waals surface area contributed by atoms with Gasteiger partial charge in [-0.3, -0.25) is 19.7 Å². The van der Waals surface area contributed by atoms with Crippen LogP contribution in [0.1, 0.15) is 19.3 Å². The molecule has 1 N–H and O–H groups in total. The molecule has 1 aromatic carbocycles. The fraction of sp³-hybridized carbons (Fsp3) is 0.400. The van der Waals surface area contributed by atoms with Crippen LogP contribution in [0, 0.1) is 5.82 Å². The molecule has 2 fully saturated rings. The predicted molar refractivity (Wildman–Crippen MR) is 73.3 cm³/mol. The van der Waals surface area contributed by atoms with Crippen molar-refractivity contribution in [3.63, 3.8) is 0 Å². The molecule has 116 valence electrons. The van der Waals surface area contributed by atoms with Gasteiger partial charge >= 0.3 is 0 Å². The van der Waals surface area contributed by atoms with Gasteiger partial charge < -0.3 is 9.64 Å². The van der Waals surface area contributed by atoms with Crippen LogP contribution in [-0.2, 0) is 14.4 Å². The number of amides is 3. The zero-order valence-electron chi connectivity index (χ0n) is 11.8. The SMILES string of the molecule is O=C1C[C@H](N(C(=O)COc2ccccc2F)C2CC2)C(=O)N1. The molecule has 1 aliphatic heterocycles. The third kappa shape index (κ3) is 2.93. The van der Waals surface area contributed by atoms with Gasteiger partial charge in [0.2, 0.25) is 11.8 Å². The van der Waals surface area contributed by atoms with Crippen molar-refractivity contribution in [2.45, 2.75) is 31.3 Å². The second-order valence-corrected chi connectivity index (χ2v) is 5.38. The minimum atomic E-state index is -0.781. The number of ether oxygens (including phenoxy) is 1. The minimum Gasteiger partial charge on any atom is -0.481 e. The molecular weight excluding hydrogens is 291 g/mol. The van der Waals surface area contributed by atoms with Crippen LogP contribution < -0.4 is 10.1 Å². The summed E-state index contributed by atoms with van der Waals surface area (Å²) in [4.78, 5) is 36.8. The van der Waals surface area contributed by atoms with E-state index < -0.39 is 23.7 Å². The van der Waals surface area contributed by atoms with Crippen LogP contribution in [0.4, 0.5) is 4.39 Å². The number of rotatable bonds is 5. The summed E-state index contributed by atoms with van der Waals surface area (Å²) in [6, 6.07) is 4.96. The van der Waals surface area contributed by atoms with Gasteiger partial charge in [0, 0.05) is 6.04 Å². The Morgan fingerprint density at radius 2 is 2.05 bits per heavy atom. The first-order valence-electron chi connectivity index (χ1n) is 7.08. The Kier molecular flexibility index (Phi) is 3.79. The van der Waals surface area contributed by atoms with Gasteiger partial charge in [-0.05, 0) is 25.0 Å². The smallest absolute Gasteiger partial charge is 0.261 e. The van der Waals surface area contributed by atoms with E-state index >= 15 is 0 Å². The lowest BCUT2D eigenvalue weighted by atomic mass is 10.2. The fourth-order valence-electron chi connectivity index (χ4n) is 2.53. The largest absolute Gasteiger partial charge is 0.481 e. The molecule has 7 heteroatoms. The van der Waals surface area contributed by atoms with E-state index in [0.29, 0.717) is 0 Å². The van der Waals surface area contributed by atoms with Gasteiger partial charge in [0.25, 0.3) is 5.91 Å². The van der Waals surface area contributed by atoms with Crippen molar-refractivity contribution < 1.29 is 23.5 Å². The molecule has 22 heavy (non-hydrogen) atoms. The number of nitrogens with one attached hydrogen (secondary N) is 1. The topological polar surface area (TPSA) is 75.7 Å². The zero-order valence-corrected chi connectivity index (χ0v) is 11.8. The third-order valence-electron chi connectivity index (χ3n) is 3.70.